The van der Waals surface area contributed by atoms with E-state index in [-0.39, 0.29) is 29.6 Å². The summed E-state index contributed by atoms with van der Waals surface area (Å²) >= 11 is 0. The topological polar surface area (TPSA) is 49.4 Å². The first-order chi connectivity index (χ1) is 9.86. The average Bonchev–Trinajstić information content (AvgIpc) is 2.73. The number of imide groups is 1. The van der Waals surface area contributed by atoms with Crippen molar-refractivity contribution in [3.63, 3.8) is 0 Å². The fraction of sp³-hybridized carbons (Fsp3) is 0.467. The molecule has 2 unspecified atom stereocenters. The molecule has 0 spiro atoms. The van der Waals surface area contributed by atoms with Gasteiger partial charge in [0.25, 0.3) is 5.91 Å². The molecule has 1 saturated heterocycles. The molecule has 1 aliphatic rings. The molecule has 0 saturated carbocycles. The number of nitrogens with one attached hydrogen (secondary N) is 1. The van der Waals surface area contributed by atoms with E-state index in [1.54, 1.807) is 6.92 Å². The lowest BCUT2D eigenvalue weighted by Crippen LogP contribution is -2.40. The first-order valence-corrected chi connectivity index (χ1v) is 6.93. The van der Waals surface area contributed by atoms with Gasteiger partial charge in [-0.05, 0) is 31.9 Å². The second kappa shape index (κ2) is 5.79. The molecule has 2 rings (SSSR count). The highest BCUT2D eigenvalue weighted by Crippen LogP contribution is 2.26. The highest BCUT2D eigenvalue weighted by atomic mass is 19.1. The van der Waals surface area contributed by atoms with Crippen molar-refractivity contribution in [1.82, 2.24) is 4.90 Å². The van der Waals surface area contributed by atoms with Crippen molar-refractivity contribution >= 4 is 17.5 Å². The maximum atomic E-state index is 13.9. The molecule has 1 N–H and O–H groups in total. The lowest BCUT2D eigenvalue weighted by atomic mass is 10.1. The molecule has 6 heteroatoms. The van der Waals surface area contributed by atoms with Crippen LogP contribution in [0.4, 0.5) is 14.5 Å². The Labute approximate surface area is 122 Å². The zero-order chi connectivity index (χ0) is 15.7. The molecule has 1 fully saturated rings. The van der Waals surface area contributed by atoms with E-state index in [2.05, 4.69) is 5.32 Å². The van der Waals surface area contributed by atoms with Gasteiger partial charge in [0.05, 0.1) is 6.42 Å². The zero-order valence-corrected chi connectivity index (χ0v) is 12.2. The van der Waals surface area contributed by atoms with Crippen molar-refractivity contribution in [2.45, 2.75) is 45.7 Å². The molecule has 1 aromatic rings. The summed E-state index contributed by atoms with van der Waals surface area (Å²) in [6.07, 6.45) is 0.549. The van der Waals surface area contributed by atoms with Gasteiger partial charge in [-0.3, -0.25) is 14.5 Å². The van der Waals surface area contributed by atoms with Crippen LogP contribution in [0.3, 0.4) is 0 Å². The third kappa shape index (κ3) is 2.75. The molecule has 1 aliphatic heterocycles. The van der Waals surface area contributed by atoms with Crippen molar-refractivity contribution in [1.29, 1.82) is 0 Å². The van der Waals surface area contributed by atoms with Crippen LogP contribution in [0.15, 0.2) is 12.1 Å². The van der Waals surface area contributed by atoms with E-state index in [9.17, 15) is 18.4 Å². The van der Waals surface area contributed by atoms with Crippen molar-refractivity contribution in [2.75, 3.05) is 5.32 Å². The van der Waals surface area contributed by atoms with Gasteiger partial charge in [0.2, 0.25) is 5.91 Å². The highest BCUT2D eigenvalue weighted by molar-refractivity contribution is 6.07. The zero-order valence-electron chi connectivity index (χ0n) is 12.2. The van der Waals surface area contributed by atoms with Crippen molar-refractivity contribution in [3.05, 3.63) is 29.3 Å². The van der Waals surface area contributed by atoms with Gasteiger partial charge in [-0.25, -0.2) is 8.78 Å². The number of amides is 2. The van der Waals surface area contributed by atoms with Crippen LogP contribution in [-0.2, 0) is 9.59 Å². The molecule has 0 bridgehead atoms. The summed E-state index contributed by atoms with van der Waals surface area (Å²) in [5.41, 5.74) is -0.0818. The van der Waals surface area contributed by atoms with Crippen LogP contribution in [0.25, 0.3) is 0 Å². The number of aryl methyl sites for hydroxylation is 1. The van der Waals surface area contributed by atoms with E-state index in [4.69, 9.17) is 0 Å². The number of carbonyl (C=O) groups is 2. The second-order valence-electron chi connectivity index (χ2n) is 5.31. The molecule has 1 aromatic carbocycles. The molecule has 0 radical (unpaired) electrons. The summed E-state index contributed by atoms with van der Waals surface area (Å²) in [7, 11) is 0. The summed E-state index contributed by atoms with van der Waals surface area (Å²) in [6.45, 7) is 5.14. The Morgan fingerprint density at radius 3 is 2.67 bits per heavy atom. The summed E-state index contributed by atoms with van der Waals surface area (Å²) < 4.78 is 27.7. The van der Waals surface area contributed by atoms with E-state index in [0.29, 0.717) is 6.42 Å². The average molecular weight is 296 g/mol. The predicted octanol–water partition coefficient (Wildman–Crippen LogP) is 2.61. The lowest BCUT2D eigenvalue weighted by Gasteiger charge is -2.22. The largest absolute Gasteiger partial charge is 0.368 e. The third-order valence-corrected chi connectivity index (χ3v) is 3.82. The number of halogens is 2. The smallest absolute Gasteiger partial charge is 0.252 e. The number of benzene rings is 1. The van der Waals surface area contributed by atoms with E-state index < -0.39 is 23.6 Å². The molecular weight excluding hydrogens is 278 g/mol. The van der Waals surface area contributed by atoms with Crippen LogP contribution in [-0.4, -0.2) is 28.8 Å². The minimum Gasteiger partial charge on any atom is -0.368 e. The number of likely N-dealkylation sites (tertiary alicyclic amines) is 1. The fourth-order valence-electron chi connectivity index (χ4n) is 2.37. The Morgan fingerprint density at radius 2 is 2.05 bits per heavy atom. The number of hydrogen-bond donors (Lipinski definition) is 1. The Hall–Kier alpha value is -1.98. The minimum absolute atomic E-state index is 0.0873. The van der Waals surface area contributed by atoms with Gasteiger partial charge in [-0.2, -0.15) is 0 Å². The summed E-state index contributed by atoms with van der Waals surface area (Å²) in [4.78, 5) is 25.3. The molecular formula is C15H18F2N2O2. The van der Waals surface area contributed by atoms with E-state index in [0.717, 1.165) is 6.07 Å². The number of rotatable bonds is 4. The molecule has 0 aliphatic carbocycles. The number of nitrogens with zero attached hydrogens (tertiary/aromatic N) is 1. The molecule has 2 atom stereocenters. The van der Waals surface area contributed by atoms with Crippen LogP contribution in [0.1, 0.15) is 32.3 Å². The van der Waals surface area contributed by atoms with Crippen molar-refractivity contribution < 1.29 is 18.4 Å². The molecule has 0 aromatic heterocycles. The van der Waals surface area contributed by atoms with Gasteiger partial charge in [-0.1, -0.05) is 13.0 Å². The minimum atomic E-state index is -0.919. The van der Waals surface area contributed by atoms with E-state index >= 15 is 0 Å². The first-order valence-electron chi connectivity index (χ1n) is 6.93. The van der Waals surface area contributed by atoms with Gasteiger partial charge in [-0.15, -0.1) is 0 Å². The van der Waals surface area contributed by atoms with Gasteiger partial charge >= 0.3 is 0 Å². The number of anilines is 1. The van der Waals surface area contributed by atoms with Crippen LogP contribution in [0.2, 0.25) is 0 Å². The standard InChI is InChI=1S/C15H18F2N2O2/c1-4-9(3)19-12(20)7-11(15(19)21)18-14-10(16)6-5-8(2)13(14)17/h5-6,9,11,18H,4,7H2,1-3H3. The molecule has 21 heavy (non-hydrogen) atoms. The third-order valence-electron chi connectivity index (χ3n) is 3.82. The van der Waals surface area contributed by atoms with Gasteiger partial charge in [0, 0.05) is 6.04 Å². The van der Waals surface area contributed by atoms with Crippen LogP contribution >= 0.6 is 0 Å². The Balaban J connectivity index is 2.24. The quantitative estimate of drug-likeness (QED) is 0.869. The fourth-order valence-corrected chi connectivity index (χ4v) is 2.37. The van der Waals surface area contributed by atoms with Gasteiger partial charge in [0.15, 0.2) is 5.82 Å². The Morgan fingerprint density at radius 1 is 1.38 bits per heavy atom. The van der Waals surface area contributed by atoms with Crippen molar-refractivity contribution in [3.8, 4) is 0 Å². The molecule has 4 nitrogen and oxygen atoms in total. The molecule has 1 heterocycles. The van der Waals surface area contributed by atoms with Crippen LogP contribution in [0.5, 0.6) is 0 Å². The number of carbonyl (C=O) groups excluding carboxylic acids is 2. The molecule has 114 valence electrons. The first kappa shape index (κ1) is 15.4. The van der Waals surface area contributed by atoms with Crippen molar-refractivity contribution in [2.24, 2.45) is 0 Å². The summed E-state index contributed by atoms with van der Waals surface area (Å²) in [5, 5.41) is 2.55. The predicted molar refractivity (Wildman–Crippen MR) is 74.7 cm³/mol. The summed E-state index contributed by atoms with van der Waals surface area (Å²) in [5.74, 6) is -2.27. The normalized spacial score (nSPS) is 20.0. The van der Waals surface area contributed by atoms with Gasteiger partial charge < -0.3 is 5.32 Å². The van der Waals surface area contributed by atoms with Crippen LogP contribution < -0.4 is 5.32 Å². The van der Waals surface area contributed by atoms with E-state index in [1.807, 2.05) is 6.92 Å². The highest BCUT2D eigenvalue weighted by Gasteiger charge is 2.41. The summed E-state index contributed by atoms with van der Waals surface area (Å²) in [6, 6.07) is 1.32. The SMILES string of the molecule is CCC(C)N1C(=O)CC(Nc2c(F)ccc(C)c2F)C1=O. The van der Waals surface area contributed by atoms with Gasteiger partial charge in [0.1, 0.15) is 17.5 Å². The monoisotopic (exact) mass is 296 g/mol. The number of hydrogen-bond acceptors (Lipinski definition) is 3. The maximum Gasteiger partial charge on any atom is 0.252 e. The maximum absolute atomic E-state index is 13.9. The van der Waals surface area contributed by atoms with Crippen LogP contribution in [0, 0.1) is 18.6 Å². The Bertz CT molecular complexity index is 589. The Kier molecular flexibility index (Phi) is 4.25. The molecule has 2 amide bonds. The lowest BCUT2D eigenvalue weighted by molar-refractivity contribution is -0.140. The van der Waals surface area contributed by atoms with E-state index in [1.165, 1.54) is 17.9 Å². The second-order valence-corrected chi connectivity index (χ2v) is 5.31.